The van der Waals surface area contributed by atoms with Crippen LogP contribution in [-0.4, -0.2) is 63.9 Å². The summed E-state index contributed by atoms with van der Waals surface area (Å²) in [5, 5.41) is 2.67. The van der Waals surface area contributed by atoms with E-state index in [0.29, 0.717) is 22.9 Å². The van der Waals surface area contributed by atoms with Gasteiger partial charge in [0.15, 0.2) is 0 Å². The molecule has 2 aromatic carbocycles. The lowest BCUT2D eigenvalue weighted by atomic mass is 10.2. The summed E-state index contributed by atoms with van der Waals surface area (Å²) in [4.78, 5) is 45.0. The van der Waals surface area contributed by atoms with Crippen LogP contribution in [0.2, 0.25) is 0 Å². The molecule has 1 N–H and O–H groups in total. The Morgan fingerprint density at radius 3 is 1.49 bits per heavy atom. The van der Waals surface area contributed by atoms with E-state index < -0.39 is 35.1 Å². The van der Waals surface area contributed by atoms with Crippen LogP contribution in [0.15, 0.2) is 53.5 Å². The molecule has 11 nitrogen and oxygen atoms in total. The van der Waals surface area contributed by atoms with Gasteiger partial charge in [-0.15, -0.1) is 0 Å². The third-order valence-electron chi connectivity index (χ3n) is 5.06. The highest BCUT2D eigenvalue weighted by molar-refractivity contribution is 6.04. The van der Waals surface area contributed by atoms with E-state index in [-0.39, 0.29) is 19.0 Å². The van der Waals surface area contributed by atoms with Crippen LogP contribution in [0, 0.1) is 0 Å². The van der Waals surface area contributed by atoms with Crippen molar-refractivity contribution in [2.75, 3.05) is 18.4 Å². The van der Waals surface area contributed by atoms with E-state index in [1.807, 2.05) is 0 Å². The molecule has 0 aromatic heterocycles. The maximum atomic E-state index is 12.9. The van der Waals surface area contributed by atoms with Gasteiger partial charge in [-0.2, -0.15) is 0 Å². The standard InChI is InChI=1S/C30H40N4O7/c1-28(2,3)39-25(35)32-21-12-16-23(17-13-21)38-22-14-10-20(11-15-22)31-24-33(26(36)40-29(4,5)6)18-19-34(24)27(37)41-30(7,8)9/h10-17H,18-19H2,1-9H3,(H,32,35). The lowest BCUT2D eigenvalue weighted by Crippen LogP contribution is -2.44. The third kappa shape index (κ3) is 10.0. The fourth-order valence-corrected chi connectivity index (χ4v) is 3.51. The maximum Gasteiger partial charge on any atom is 0.417 e. The number of benzene rings is 2. The van der Waals surface area contributed by atoms with Crippen LogP contribution >= 0.6 is 0 Å². The number of rotatable bonds is 4. The molecule has 1 saturated heterocycles. The van der Waals surface area contributed by atoms with Crippen molar-refractivity contribution in [3.8, 4) is 11.5 Å². The van der Waals surface area contributed by atoms with Gasteiger partial charge in [0.05, 0.1) is 18.8 Å². The number of carbonyl (C=O) groups is 3. The van der Waals surface area contributed by atoms with Crippen molar-refractivity contribution in [3.63, 3.8) is 0 Å². The Labute approximate surface area is 241 Å². The minimum absolute atomic E-state index is 0.121. The summed E-state index contributed by atoms with van der Waals surface area (Å²) in [6.45, 7) is 16.4. The predicted molar refractivity (Wildman–Crippen MR) is 156 cm³/mol. The Bertz CT molecular complexity index is 1230. The van der Waals surface area contributed by atoms with Crippen LogP contribution < -0.4 is 10.1 Å². The van der Waals surface area contributed by atoms with Crippen LogP contribution in [0.25, 0.3) is 0 Å². The second-order valence-corrected chi connectivity index (χ2v) is 12.4. The summed E-state index contributed by atoms with van der Waals surface area (Å²) in [5.41, 5.74) is -0.967. The van der Waals surface area contributed by atoms with Crippen molar-refractivity contribution in [3.05, 3.63) is 48.5 Å². The smallest absolute Gasteiger partial charge is 0.417 e. The van der Waals surface area contributed by atoms with E-state index in [1.165, 1.54) is 9.80 Å². The second kappa shape index (κ2) is 12.1. The molecule has 0 radical (unpaired) electrons. The van der Waals surface area contributed by atoms with Gasteiger partial charge >= 0.3 is 18.3 Å². The number of carbonyl (C=O) groups excluding carboxylic acids is 3. The molecule has 1 aliphatic rings. The molecule has 1 fully saturated rings. The Balaban J connectivity index is 1.75. The van der Waals surface area contributed by atoms with Crippen LogP contribution in [0.1, 0.15) is 62.3 Å². The molecule has 11 heteroatoms. The molecular weight excluding hydrogens is 528 g/mol. The fraction of sp³-hybridized carbons (Fsp3) is 0.467. The number of nitrogens with zero attached hydrogens (tertiary/aromatic N) is 3. The molecule has 1 heterocycles. The van der Waals surface area contributed by atoms with Crippen molar-refractivity contribution in [1.29, 1.82) is 0 Å². The summed E-state index contributed by atoms with van der Waals surface area (Å²) in [6, 6.07) is 13.7. The first-order valence-corrected chi connectivity index (χ1v) is 13.4. The topological polar surface area (TPSA) is 119 Å². The lowest BCUT2D eigenvalue weighted by Gasteiger charge is -2.27. The third-order valence-corrected chi connectivity index (χ3v) is 5.06. The van der Waals surface area contributed by atoms with E-state index >= 15 is 0 Å². The molecule has 0 saturated carbocycles. The highest BCUT2D eigenvalue weighted by atomic mass is 16.6. The van der Waals surface area contributed by atoms with Crippen molar-refractivity contribution >= 4 is 35.6 Å². The van der Waals surface area contributed by atoms with Gasteiger partial charge in [-0.25, -0.2) is 29.2 Å². The zero-order chi connectivity index (χ0) is 30.6. The second-order valence-electron chi connectivity index (χ2n) is 12.4. The van der Waals surface area contributed by atoms with Crippen molar-refractivity contribution in [2.24, 2.45) is 4.99 Å². The van der Waals surface area contributed by atoms with E-state index in [9.17, 15) is 14.4 Å². The van der Waals surface area contributed by atoms with Crippen LogP contribution in [0.5, 0.6) is 11.5 Å². The minimum Gasteiger partial charge on any atom is -0.457 e. The number of hydrogen-bond acceptors (Lipinski definition) is 8. The molecule has 2 aromatic rings. The van der Waals surface area contributed by atoms with Gasteiger partial charge in [-0.1, -0.05) is 0 Å². The van der Waals surface area contributed by atoms with Crippen LogP contribution in [-0.2, 0) is 14.2 Å². The summed E-state index contributed by atoms with van der Waals surface area (Å²) in [7, 11) is 0. The van der Waals surface area contributed by atoms with Crippen LogP contribution in [0.4, 0.5) is 25.8 Å². The SMILES string of the molecule is CC(C)(C)OC(=O)Nc1ccc(Oc2ccc(N=C3N(C(=O)OC(C)(C)C)CCN3C(=O)OC(C)(C)C)cc2)cc1. The zero-order valence-corrected chi connectivity index (χ0v) is 25.2. The van der Waals surface area contributed by atoms with Crippen molar-refractivity contribution in [2.45, 2.75) is 79.1 Å². The number of guanidine groups is 1. The molecule has 41 heavy (non-hydrogen) atoms. The largest absolute Gasteiger partial charge is 0.457 e. The van der Waals surface area contributed by atoms with Gasteiger partial charge in [0.1, 0.15) is 28.3 Å². The maximum absolute atomic E-state index is 12.9. The lowest BCUT2D eigenvalue weighted by molar-refractivity contribution is 0.0374. The van der Waals surface area contributed by atoms with E-state index in [2.05, 4.69) is 10.3 Å². The molecule has 0 aliphatic carbocycles. The van der Waals surface area contributed by atoms with Crippen LogP contribution in [0.3, 0.4) is 0 Å². The summed E-state index contributed by atoms with van der Waals surface area (Å²) >= 11 is 0. The summed E-state index contributed by atoms with van der Waals surface area (Å²) in [6.07, 6.45) is -1.75. The molecule has 0 bridgehead atoms. The zero-order valence-electron chi connectivity index (χ0n) is 25.2. The van der Waals surface area contributed by atoms with Gasteiger partial charge in [0.25, 0.3) is 0 Å². The Hall–Kier alpha value is -4.28. The van der Waals surface area contributed by atoms with Gasteiger partial charge < -0.3 is 18.9 Å². The number of amides is 3. The quantitative estimate of drug-likeness (QED) is 0.384. The average Bonchev–Trinajstić information content (AvgIpc) is 3.22. The molecule has 3 amide bonds. The summed E-state index contributed by atoms with van der Waals surface area (Å²) < 4.78 is 22.2. The minimum atomic E-state index is -0.718. The Morgan fingerprint density at radius 1 is 0.659 bits per heavy atom. The molecule has 0 spiro atoms. The van der Waals surface area contributed by atoms with E-state index in [0.717, 1.165) is 0 Å². The normalized spacial score (nSPS) is 13.9. The van der Waals surface area contributed by atoms with Gasteiger partial charge in [-0.3, -0.25) is 5.32 Å². The first-order valence-electron chi connectivity index (χ1n) is 13.4. The monoisotopic (exact) mass is 568 g/mol. The van der Waals surface area contributed by atoms with E-state index in [4.69, 9.17) is 18.9 Å². The highest BCUT2D eigenvalue weighted by Crippen LogP contribution is 2.27. The molecule has 0 unspecified atom stereocenters. The number of anilines is 1. The first-order chi connectivity index (χ1) is 18.9. The number of aliphatic imine (C=N–C) groups is 1. The van der Waals surface area contributed by atoms with Gasteiger partial charge in [-0.05, 0) is 111 Å². The summed E-state index contributed by atoms with van der Waals surface area (Å²) in [5.74, 6) is 1.22. The number of hydrogen-bond donors (Lipinski definition) is 1. The number of nitrogens with one attached hydrogen (secondary N) is 1. The molecular formula is C30H40N4O7. The predicted octanol–water partition coefficient (Wildman–Crippen LogP) is 7.30. The van der Waals surface area contributed by atoms with Gasteiger partial charge in [0, 0.05) is 5.69 Å². The highest BCUT2D eigenvalue weighted by Gasteiger charge is 2.39. The van der Waals surface area contributed by atoms with Gasteiger partial charge in [0.2, 0.25) is 5.96 Å². The average molecular weight is 569 g/mol. The Morgan fingerprint density at radius 2 is 1.07 bits per heavy atom. The number of ether oxygens (including phenoxy) is 4. The first kappa shape index (κ1) is 31.3. The van der Waals surface area contributed by atoms with E-state index in [1.54, 1.807) is 111 Å². The molecule has 222 valence electrons. The fourth-order valence-electron chi connectivity index (χ4n) is 3.51. The van der Waals surface area contributed by atoms with Crippen molar-refractivity contribution < 1.29 is 33.3 Å². The van der Waals surface area contributed by atoms with Crippen molar-refractivity contribution in [1.82, 2.24) is 9.80 Å². The Kier molecular flexibility index (Phi) is 9.20. The molecule has 1 aliphatic heterocycles. The molecule has 3 rings (SSSR count). The molecule has 0 atom stereocenters.